The van der Waals surface area contributed by atoms with Gasteiger partial charge in [0.15, 0.2) is 0 Å². The Morgan fingerprint density at radius 2 is 1.68 bits per heavy atom. The predicted molar refractivity (Wildman–Crippen MR) is 76.9 cm³/mol. The van der Waals surface area contributed by atoms with Crippen molar-refractivity contribution in [3.8, 4) is 0 Å². The minimum absolute atomic E-state index is 0.275. The zero-order chi connectivity index (χ0) is 13.2. The highest BCUT2D eigenvalue weighted by Crippen LogP contribution is 2.59. The molecule has 5 rings (SSSR count). The summed E-state index contributed by atoms with van der Waals surface area (Å²) in [6.45, 7) is 4.30. The molecule has 4 aliphatic rings. The number of rotatable bonds is 2. The summed E-state index contributed by atoms with van der Waals surface area (Å²) in [5.74, 6) is 3.79. The highest BCUT2D eigenvalue weighted by atomic mass is 15.4. The molecule has 0 amide bonds. The number of nitrogens with zero attached hydrogens (tertiary/aromatic N) is 2. The second-order valence-corrected chi connectivity index (χ2v) is 7.36. The maximum absolute atomic E-state index is 6.44. The molecule has 0 aromatic carbocycles. The van der Waals surface area contributed by atoms with Gasteiger partial charge in [-0.1, -0.05) is 6.92 Å². The van der Waals surface area contributed by atoms with E-state index in [1.165, 1.54) is 44.1 Å². The predicted octanol–water partition coefficient (Wildman–Crippen LogP) is 3.26. The summed E-state index contributed by atoms with van der Waals surface area (Å²) in [4.78, 5) is 0. The molecule has 1 heterocycles. The van der Waals surface area contributed by atoms with Crippen LogP contribution in [-0.4, -0.2) is 9.78 Å². The molecule has 2 N–H and O–H groups in total. The number of aromatic nitrogens is 2. The lowest BCUT2D eigenvalue weighted by atomic mass is 9.53. The van der Waals surface area contributed by atoms with Crippen molar-refractivity contribution in [2.45, 2.75) is 64.3 Å². The summed E-state index contributed by atoms with van der Waals surface area (Å²) in [7, 11) is 0. The van der Waals surface area contributed by atoms with Crippen LogP contribution in [0.2, 0.25) is 0 Å². The molecule has 104 valence electrons. The van der Waals surface area contributed by atoms with Crippen LogP contribution in [0, 0.1) is 24.7 Å². The molecular formula is C16H25N3. The van der Waals surface area contributed by atoms with Crippen LogP contribution in [0.25, 0.3) is 0 Å². The van der Waals surface area contributed by atoms with E-state index in [1.54, 1.807) is 0 Å². The van der Waals surface area contributed by atoms with Gasteiger partial charge in [0.25, 0.3) is 0 Å². The molecule has 4 bridgehead atoms. The Labute approximate surface area is 115 Å². The molecule has 4 fully saturated rings. The van der Waals surface area contributed by atoms with Crippen molar-refractivity contribution in [2.75, 3.05) is 5.73 Å². The van der Waals surface area contributed by atoms with Crippen LogP contribution in [0.5, 0.6) is 0 Å². The molecular weight excluding hydrogens is 234 g/mol. The van der Waals surface area contributed by atoms with Crippen molar-refractivity contribution in [1.29, 1.82) is 0 Å². The smallest absolute Gasteiger partial charge is 0.125 e. The Balaban J connectivity index is 1.79. The average molecular weight is 259 g/mol. The van der Waals surface area contributed by atoms with E-state index in [9.17, 15) is 0 Å². The number of hydrogen-bond donors (Lipinski definition) is 1. The third kappa shape index (κ3) is 1.53. The van der Waals surface area contributed by atoms with Gasteiger partial charge in [0.1, 0.15) is 5.82 Å². The molecule has 0 spiro atoms. The quantitative estimate of drug-likeness (QED) is 0.886. The van der Waals surface area contributed by atoms with Crippen LogP contribution in [0.15, 0.2) is 0 Å². The normalized spacial score (nSPS) is 40.0. The van der Waals surface area contributed by atoms with Crippen molar-refractivity contribution in [1.82, 2.24) is 9.78 Å². The molecule has 19 heavy (non-hydrogen) atoms. The van der Waals surface area contributed by atoms with Crippen LogP contribution in [-0.2, 0) is 12.0 Å². The molecule has 0 saturated heterocycles. The van der Waals surface area contributed by atoms with Crippen LogP contribution < -0.4 is 5.73 Å². The lowest BCUT2D eigenvalue weighted by Gasteiger charge is -2.56. The second kappa shape index (κ2) is 3.77. The van der Waals surface area contributed by atoms with E-state index in [0.717, 1.165) is 35.7 Å². The van der Waals surface area contributed by atoms with Crippen LogP contribution in [0.4, 0.5) is 5.82 Å². The summed E-state index contributed by atoms with van der Waals surface area (Å²) < 4.78 is 2.26. The van der Waals surface area contributed by atoms with Gasteiger partial charge in [0.05, 0.1) is 11.2 Å². The van der Waals surface area contributed by atoms with Crippen molar-refractivity contribution in [3.05, 3.63) is 11.3 Å². The van der Waals surface area contributed by atoms with E-state index in [2.05, 4.69) is 18.5 Å². The van der Waals surface area contributed by atoms with E-state index >= 15 is 0 Å². The van der Waals surface area contributed by atoms with Crippen molar-refractivity contribution >= 4 is 5.82 Å². The minimum atomic E-state index is 0.275. The van der Waals surface area contributed by atoms with Gasteiger partial charge < -0.3 is 5.73 Å². The van der Waals surface area contributed by atoms with Crippen LogP contribution in [0.1, 0.15) is 56.7 Å². The van der Waals surface area contributed by atoms with E-state index in [1.807, 2.05) is 0 Å². The number of nitrogen functional groups attached to an aromatic ring is 1. The van der Waals surface area contributed by atoms with Crippen molar-refractivity contribution in [3.63, 3.8) is 0 Å². The summed E-state index contributed by atoms with van der Waals surface area (Å²) in [6.07, 6.45) is 9.40. The summed E-state index contributed by atoms with van der Waals surface area (Å²) in [5.41, 5.74) is 9.13. The number of hydrogen-bond acceptors (Lipinski definition) is 2. The SMILES string of the molecule is CCc1c(C)nn(C23CC4CC(CC(C4)C2)C3)c1N. The maximum Gasteiger partial charge on any atom is 0.125 e. The summed E-state index contributed by atoms with van der Waals surface area (Å²) in [5, 5.41) is 4.86. The Bertz CT molecular complexity index is 479. The van der Waals surface area contributed by atoms with Gasteiger partial charge in [0, 0.05) is 5.56 Å². The zero-order valence-electron chi connectivity index (χ0n) is 12.2. The van der Waals surface area contributed by atoms with Gasteiger partial charge in [-0.3, -0.25) is 0 Å². The Morgan fingerprint density at radius 1 is 1.16 bits per heavy atom. The molecule has 3 nitrogen and oxygen atoms in total. The fourth-order valence-corrected chi connectivity index (χ4v) is 5.70. The molecule has 0 radical (unpaired) electrons. The largest absolute Gasteiger partial charge is 0.384 e. The van der Waals surface area contributed by atoms with E-state index < -0.39 is 0 Å². The van der Waals surface area contributed by atoms with Gasteiger partial charge in [-0.05, 0) is 69.6 Å². The standard InChI is InChI=1S/C16H25N3/c1-3-14-10(2)18-19(15(14)17)16-7-11-4-12(8-16)6-13(5-11)9-16/h11-13H,3-9,17H2,1-2H3. The molecule has 0 atom stereocenters. The number of anilines is 1. The molecule has 4 aliphatic carbocycles. The average Bonchev–Trinajstić information content (AvgIpc) is 2.63. The highest BCUT2D eigenvalue weighted by molar-refractivity contribution is 5.44. The molecule has 1 aromatic rings. The van der Waals surface area contributed by atoms with Gasteiger partial charge in [0.2, 0.25) is 0 Å². The van der Waals surface area contributed by atoms with Gasteiger partial charge in [-0.15, -0.1) is 0 Å². The topological polar surface area (TPSA) is 43.8 Å². The summed E-state index contributed by atoms with van der Waals surface area (Å²) in [6, 6.07) is 0. The Hall–Kier alpha value is -0.990. The first-order valence-electron chi connectivity index (χ1n) is 7.96. The van der Waals surface area contributed by atoms with E-state index in [-0.39, 0.29) is 5.54 Å². The monoisotopic (exact) mass is 259 g/mol. The zero-order valence-corrected chi connectivity index (χ0v) is 12.2. The van der Waals surface area contributed by atoms with Crippen molar-refractivity contribution < 1.29 is 0 Å². The number of aryl methyl sites for hydroxylation is 1. The molecule has 0 aliphatic heterocycles. The molecule has 0 unspecified atom stereocenters. The van der Waals surface area contributed by atoms with E-state index in [0.29, 0.717) is 0 Å². The van der Waals surface area contributed by atoms with E-state index in [4.69, 9.17) is 10.8 Å². The fourth-order valence-electron chi connectivity index (χ4n) is 5.70. The lowest BCUT2D eigenvalue weighted by molar-refractivity contribution is -0.0482. The first-order chi connectivity index (χ1) is 9.11. The first-order valence-corrected chi connectivity index (χ1v) is 7.96. The first kappa shape index (κ1) is 11.8. The van der Waals surface area contributed by atoms with Gasteiger partial charge in [-0.2, -0.15) is 5.10 Å². The molecule has 3 heteroatoms. The number of nitrogens with two attached hydrogens (primary N) is 1. The molecule has 1 aromatic heterocycles. The maximum atomic E-state index is 6.44. The Kier molecular flexibility index (Phi) is 2.34. The third-order valence-corrected chi connectivity index (χ3v) is 6.03. The highest BCUT2D eigenvalue weighted by Gasteiger charge is 2.53. The van der Waals surface area contributed by atoms with Gasteiger partial charge >= 0.3 is 0 Å². The third-order valence-electron chi connectivity index (χ3n) is 6.03. The minimum Gasteiger partial charge on any atom is -0.384 e. The van der Waals surface area contributed by atoms with Gasteiger partial charge in [-0.25, -0.2) is 4.68 Å². The summed E-state index contributed by atoms with van der Waals surface area (Å²) >= 11 is 0. The lowest BCUT2D eigenvalue weighted by Crippen LogP contribution is -2.52. The molecule has 4 saturated carbocycles. The Morgan fingerprint density at radius 3 is 2.11 bits per heavy atom. The van der Waals surface area contributed by atoms with Crippen molar-refractivity contribution in [2.24, 2.45) is 17.8 Å². The fraction of sp³-hybridized carbons (Fsp3) is 0.812. The van der Waals surface area contributed by atoms with Crippen LogP contribution >= 0.6 is 0 Å². The van der Waals surface area contributed by atoms with Crippen LogP contribution in [0.3, 0.4) is 0 Å². The second-order valence-electron chi connectivity index (χ2n) is 7.36.